The van der Waals surface area contributed by atoms with Gasteiger partial charge in [0.1, 0.15) is 5.75 Å². The summed E-state index contributed by atoms with van der Waals surface area (Å²) >= 11 is 6.05. The van der Waals surface area contributed by atoms with Gasteiger partial charge in [0.25, 0.3) is 0 Å². The predicted molar refractivity (Wildman–Crippen MR) is 89.6 cm³/mol. The van der Waals surface area contributed by atoms with Crippen LogP contribution in [-0.4, -0.2) is 37.0 Å². The average Bonchev–Trinajstić information content (AvgIpc) is 2.58. The Hall–Kier alpha value is -2.86. The zero-order valence-corrected chi connectivity index (χ0v) is 13.5. The van der Waals surface area contributed by atoms with E-state index in [1.54, 1.807) is 42.5 Å². The number of carbonyl (C=O) groups is 2. The van der Waals surface area contributed by atoms with E-state index in [1.807, 2.05) is 0 Å². The van der Waals surface area contributed by atoms with Crippen molar-refractivity contribution < 1.29 is 24.2 Å². The van der Waals surface area contributed by atoms with Crippen LogP contribution in [0.5, 0.6) is 5.75 Å². The number of hydrogen-bond donors (Lipinski definition) is 1. The molecule has 0 aliphatic carbocycles. The lowest BCUT2D eigenvalue weighted by Gasteiger charge is -2.06. The van der Waals surface area contributed by atoms with Gasteiger partial charge in [0.05, 0.1) is 23.4 Å². The number of hydrogen-bond acceptors (Lipinski definition) is 5. The molecule has 0 saturated heterocycles. The lowest BCUT2D eigenvalue weighted by molar-refractivity contribution is -0.139. The lowest BCUT2D eigenvalue weighted by Crippen LogP contribution is -2.09. The number of rotatable bonds is 6. The van der Waals surface area contributed by atoms with Crippen molar-refractivity contribution in [2.75, 3.05) is 13.7 Å². The van der Waals surface area contributed by atoms with E-state index in [-0.39, 0.29) is 10.8 Å². The number of esters is 1. The van der Waals surface area contributed by atoms with E-state index < -0.39 is 18.5 Å². The van der Waals surface area contributed by atoms with Gasteiger partial charge in [-0.1, -0.05) is 23.7 Å². The van der Waals surface area contributed by atoms with Gasteiger partial charge in [0.15, 0.2) is 6.61 Å². The molecule has 0 aliphatic heterocycles. The predicted octanol–water partition coefficient (Wildman–Crippen LogP) is 3.34. The van der Waals surface area contributed by atoms with Crippen LogP contribution in [0.2, 0.25) is 5.02 Å². The maximum Gasteiger partial charge on any atom is 0.341 e. The molecular weight excluding hydrogens is 334 g/mol. The number of aliphatic imine (C=N–C) groups is 1. The minimum Gasteiger partial charge on any atom is -0.480 e. The minimum atomic E-state index is -1.09. The molecule has 0 aromatic heterocycles. The highest BCUT2D eigenvalue weighted by molar-refractivity contribution is 6.32. The highest BCUT2D eigenvalue weighted by Crippen LogP contribution is 2.25. The number of para-hydroxylation sites is 1. The van der Waals surface area contributed by atoms with Gasteiger partial charge in [-0.2, -0.15) is 0 Å². The summed E-state index contributed by atoms with van der Waals surface area (Å²) in [5, 5.41) is 8.86. The van der Waals surface area contributed by atoms with Gasteiger partial charge in [0, 0.05) is 6.21 Å². The highest BCUT2D eigenvalue weighted by atomic mass is 35.5. The fourth-order valence-electron chi connectivity index (χ4n) is 1.87. The summed E-state index contributed by atoms with van der Waals surface area (Å²) in [5.41, 5.74) is 1.48. The number of carbonyl (C=O) groups excluding carboxylic acids is 1. The summed E-state index contributed by atoms with van der Waals surface area (Å²) in [6, 6.07) is 11.6. The molecule has 0 bridgehead atoms. The molecule has 0 radical (unpaired) electrons. The van der Waals surface area contributed by atoms with Crippen molar-refractivity contribution in [1.82, 2.24) is 0 Å². The van der Waals surface area contributed by atoms with Crippen LogP contribution < -0.4 is 4.74 Å². The maximum atomic E-state index is 11.7. The number of halogens is 1. The van der Waals surface area contributed by atoms with Crippen LogP contribution in [0.4, 0.5) is 5.69 Å². The summed E-state index contributed by atoms with van der Waals surface area (Å²) in [5.74, 6) is -1.29. The van der Waals surface area contributed by atoms with Gasteiger partial charge in [0.2, 0.25) is 0 Å². The third-order valence-electron chi connectivity index (χ3n) is 2.97. The molecule has 6 nitrogen and oxygen atoms in total. The van der Waals surface area contributed by atoms with Gasteiger partial charge in [-0.3, -0.25) is 4.99 Å². The molecule has 2 aromatic rings. The quantitative estimate of drug-likeness (QED) is 0.640. The monoisotopic (exact) mass is 347 g/mol. The van der Waals surface area contributed by atoms with Crippen LogP contribution in [0.15, 0.2) is 47.5 Å². The standard InChI is InChI=1S/C17H14ClNO5/c1-23-17(22)12-4-2-3-5-14(12)19-9-11-6-7-15(13(18)8-11)24-10-16(20)21/h2-9H,10H2,1H3,(H,20,21). The molecule has 0 fully saturated rings. The van der Waals surface area contributed by atoms with Crippen LogP contribution in [0.3, 0.4) is 0 Å². The molecule has 2 aromatic carbocycles. The molecule has 0 unspecified atom stereocenters. The molecule has 124 valence electrons. The normalized spacial score (nSPS) is 10.6. The number of benzene rings is 2. The Balaban J connectivity index is 2.20. The average molecular weight is 348 g/mol. The second-order valence-corrected chi connectivity index (χ2v) is 5.05. The molecular formula is C17H14ClNO5. The van der Waals surface area contributed by atoms with Crippen molar-refractivity contribution in [3.63, 3.8) is 0 Å². The Morgan fingerprint density at radius 2 is 2.00 bits per heavy atom. The number of ether oxygens (including phenoxy) is 2. The number of aliphatic carboxylic acids is 1. The molecule has 0 spiro atoms. The third kappa shape index (κ3) is 4.57. The zero-order chi connectivity index (χ0) is 17.5. The topological polar surface area (TPSA) is 85.2 Å². The molecule has 7 heteroatoms. The van der Waals surface area contributed by atoms with Crippen molar-refractivity contribution >= 4 is 35.4 Å². The molecule has 24 heavy (non-hydrogen) atoms. The van der Waals surface area contributed by atoms with E-state index in [9.17, 15) is 9.59 Å². The Morgan fingerprint density at radius 3 is 2.67 bits per heavy atom. The first-order valence-electron chi connectivity index (χ1n) is 6.87. The first kappa shape index (κ1) is 17.5. The van der Waals surface area contributed by atoms with E-state index in [0.29, 0.717) is 16.8 Å². The fraction of sp³-hybridized carbons (Fsp3) is 0.118. The van der Waals surface area contributed by atoms with Gasteiger partial charge < -0.3 is 14.6 Å². The molecule has 2 rings (SSSR count). The van der Waals surface area contributed by atoms with Crippen molar-refractivity contribution in [3.05, 3.63) is 58.6 Å². The Bertz CT molecular complexity index is 788. The molecule has 0 saturated carbocycles. The minimum absolute atomic E-state index is 0.265. The lowest BCUT2D eigenvalue weighted by atomic mass is 10.2. The van der Waals surface area contributed by atoms with E-state index in [4.69, 9.17) is 26.2 Å². The summed E-state index contributed by atoms with van der Waals surface area (Å²) in [6.07, 6.45) is 1.54. The van der Waals surface area contributed by atoms with Crippen LogP contribution in [0.25, 0.3) is 0 Å². The van der Waals surface area contributed by atoms with E-state index in [0.717, 1.165) is 0 Å². The van der Waals surface area contributed by atoms with Gasteiger partial charge in [-0.05, 0) is 35.9 Å². The fourth-order valence-corrected chi connectivity index (χ4v) is 2.11. The van der Waals surface area contributed by atoms with E-state index in [1.165, 1.54) is 13.3 Å². The first-order valence-corrected chi connectivity index (χ1v) is 7.24. The summed E-state index contributed by atoms with van der Waals surface area (Å²) in [7, 11) is 1.30. The molecule has 0 atom stereocenters. The zero-order valence-electron chi connectivity index (χ0n) is 12.7. The second-order valence-electron chi connectivity index (χ2n) is 4.64. The van der Waals surface area contributed by atoms with Gasteiger partial charge in [-0.25, -0.2) is 9.59 Å². The molecule has 1 N–H and O–H groups in total. The van der Waals surface area contributed by atoms with Crippen LogP contribution in [-0.2, 0) is 9.53 Å². The first-order chi connectivity index (χ1) is 11.5. The van der Waals surface area contributed by atoms with Crippen molar-refractivity contribution in [3.8, 4) is 5.75 Å². The van der Waals surface area contributed by atoms with E-state index in [2.05, 4.69) is 4.99 Å². The largest absolute Gasteiger partial charge is 0.480 e. The smallest absolute Gasteiger partial charge is 0.341 e. The van der Waals surface area contributed by atoms with Gasteiger partial charge in [-0.15, -0.1) is 0 Å². The Morgan fingerprint density at radius 1 is 1.25 bits per heavy atom. The Labute approximate surface area is 143 Å². The van der Waals surface area contributed by atoms with Crippen LogP contribution >= 0.6 is 11.6 Å². The summed E-state index contributed by atoms with van der Waals surface area (Å²) in [4.78, 5) is 26.5. The van der Waals surface area contributed by atoms with Crippen molar-refractivity contribution in [2.24, 2.45) is 4.99 Å². The van der Waals surface area contributed by atoms with Crippen molar-refractivity contribution in [1.29, 1.82) is 0 Å². The molecule has 0 heterocycles. The maximum absolute atomic E-state index is 11.7. The summed E-state index contributed by atoms with van der Waals surface area (Å²) < 4.78 is 9.76. The number of carboxylic acid groups (broad SMARTS) is 1. The Kier molecular flexibility index (Phi) is 5.92. The third-order valence-corrected chi connectivity index (χ3v) is 3.26. The van der Waals surface area contributed by atoms with Crippen molar-refractivity contribution in [2.45, 2.75) is 0 Å². The van der Waals surface area contributed by atoms with E-state index >= 15 is 0 Å². The SMILES string of the molecule is COC(=O)c1ccccc1N=Cc1ccc(OCC(=O)O)c(Cl)c1. The molecule has 0 amide bonds. The number of nitrogens with zero attached hydrogens (tertiary/aromatic N) is 1. The van der Waals surface area contributed by atoms with Crippen LogP contribution in [0.1, 0.15) is 15.9 Å². The number of carboxylic acids is 1. The highest BCUT2D eigenvalue weighted by Gasteiger charge is 2.10. The molecule has 0 aliphatic rings. The second kappa shape index (κ2) is 8.12. The van der Waals surface area contributed by atoms with Gasteiger partial charge >= 0.3 is 11.9 Å². The summed E-state index contributed by atoms with van der Waals surface area (Å²) in [6.45, 7) is -0.473. The number of methoxy groups -OCH3 is 1. The van der Waals surface area contributed by atoms with Crippen LogP contribution in [0, 0.1) is 0 Å².